The van der Waals surface area contributed by atoms with Crippen molar-refractivity contribution in [3.8, 4) is 0 Å². The SMILES string of the molecule is CCC1CCCCN1S(=O)(=O)c1cc(CO)sc1C. The van der Waals surface area contributed by atoms with Gasteiger partial charge in [-0.3, -0.25) is 0 Å². The van der Waals surface area contributed by atoms with E-state index in [0.29, 0.717) is 16.3 Å². The van der Waals surface area contributed by atoms with Crippen molar-refractivity contribution in [2.45, 2.75) is 57.1 Å². The van der Waals surface area contributed by atoms with Crippen LogP contribution in [0.2, 0.25) is 0 Å². The number of hydrogen-bond donors (Lipinski definition) is 1. The summed E-state index contributed by atoms with van der Waals surface area (Å²) < 4.78 is 27.2. The molecule has 1 aliphatic rings. The van der Waals surface area contributed by atoms with Gasteiger partial charge in [0.1, 0.15) is 0 Å². The molecule has 0 aromatic carbocycles. The van der Waals surface area contributed by atoms with Crippen LogP contribution in [0.5, 0.6) is 0 Å². The van der Waals surface area contributed by atoms with E-state index in [1.165, 1.54) is 11.3 Å². The number of hydrogen-bond acceptors (Lipinski definition) is 4. The van der Waals surface area contributed by atoms with Crippen molar-refractivity contribution in [2.75, 3.05) is 6.54 Å². The van der Waals surface area contributed by atoms with Gasteiger partial charge in [-0.05, 0) is 32.3 Å². The number of thiophene rings is 1. The molecule has 1 atom stereocenters. The van der Waals surface area contributed by atoms with Crippen molar-refractivity contribution >= 4 is 21.4 Å². The molecule has 1 aromatic rings. The average molecular weight is 303 g/mol. The molecule has 1 N–H and O–H groups in total. The minimum Gasteiger partial charge on any atom is -0.391 e. The minimum absolute atomic E-state index is 0.0990. The van der Waals surface area contributed by atoms with Gasteiger partial charge in [0, 0.05) is 22.3 Å². The first-order chi connectivity index (χ1) is 9.00. The number of rotatable bonds is 4. The molecule has 2 heterocycles. The average Bonchev–Trinajstić information content (AvgIpc) is 2.80. The van der Waals surface area contributed by atoms with Crippen molar-refractivity contribution in [3.05, 3.63) is 15.8 Å². The number of piperidine rings is 1. The molecule has 1 fully saturated rings. The molecule has 19 heavy (non-hydrogen) atoms. The zero-order valence-electron chi connectivity index (χ0n) is 11.4. The summed E-state index contributed by atoms with van der Waals surface area (Å²) in [6.45, 7) is 4.36. The molecule has 6 heteroatoms. The van der Waals surface area contributed by atoms with E-state index < -0.39 is 10.0 Å². The molecule has 0 radical (unpaired) electrons. The molecule has 108 valence electrons. The Balaban J connectivity index is 2.37. The van der Waals surface area contributed by atoms with Crippen LogP contribution in [0.4, 0.5) is 0 Å². The van der Waals surface area contributed by atoms with Gasteiger partial charge in [0.05, 0.1) is 11.5 Å². The van der Waals surface area contributed by atoms with E-state index in [4.69, 9.17) is 5.11 Å². The predicted octanol–water partition coefficient (Wildman–Crippen LogP) is 2.50. The number of sulfonamides is 1. The van der Waals surface area contributed by atoms with E-state index in [2.05, 4.69) is 0 Å². The second kappa shape index (κ2) is 5.91. The van der Waals surface area contributed by atoms with Crippen molar-refractivity contribution < 1.29 is 13.5 Å². The number of aliphatic hydroxyl groups excluding tert-OH is 1. The van der Waals surface area contributed by atoms with E-state index in [1.54, 1.807) is 10.4 Å². The largest absolute Gasteiger partial charge is 0.391 e. The number of aryl methyl sites for hydroxylation is 1. The van der Waals surface area contributed by atoms with E-state index >= 15 is 0 Å². The second-order valence-corrected chi connectivity index (χ2v) is 8.16. The first kappa shape index (κ1) is 15.0. The molecule has 1 aromatic heterocycles. The fraction of sp³-hybridized carbons (Fsp3) is 0.692. The molecule has 2 rings (SSSR count). The van der Waals surface area contributed by atoms with E-state index in [0.717, 1.165) is 30.6 Å². The quantitative estimate of drug-likeness (QED) is 0.930. The third kappa shape index (κ3) is 2.86. The molecular weight excluding hydrogens is 282 g/mol. The predicted molar refractivity (Wildman–Crippen MR) is 76.8 cm³/mol. The Hall–Kier alpha value is -0.430. The van der Waals surface area contributed by atoms with Crippen LogP contribution < -0.4 is 0 Å². The van der Waals surface area contributed by atoms with Crippen molar-refractivity contribution in [1.82, 2.24) is 4.31 Å². The topological polar surface area (TPSA) is 57.6 Å². The van der Waals surface area contributed by atoms with E-state index in [1.807, 2.05) is 13.8 Å². The standard InChI is InChI=1S/C13H21NO3S2/c1-3-11-6-4-5-7-14(11)19(16,17)13-8-12(9-15)18-10(13)2/h8,11,15H,3-7,9H2,1-2H3. The lowest BCUT2D eigenvalue weighted by Crippen LogP contribution is -2.43. The Morgan fingerprint density at radius 2 is 2.21 bits per heavy atom. The highest BCUT2D eigenvalue weighted by Gasteiger charge is 2.34. The fourth-order valence-electron chi connectivity index (χ4n) is 2.68. The summed E-state index contributed by atoms with van der Waals surface area (Å²) in [6, 6.07) is 1.74. The molecule has 0 bridgehead atoms. The van der Waals surface area contributed by atoms with Gasteiger partial charge in [-0.2, -0.15) is 4.31 Å². The third-order valence-electron chi connectivity index (χ3n) is 3.71. The zero-order chi connectivity index (χ0) is 14.0. The number of nitrogens with zero attached hydrogens (tertiary/aromatic N) is 1. The lowest BCUT2D eigenvalue weighted by Gasteiger charge is -2.34. The van der Waals surface area contributed by atoms with Crippen molar-refractivity contribution in [3.63, 3.8) is 0 Å². The maximum Gasteiger partial charge on any atom is 0.244 e. The first-order valence-corrected chi connectivity index (χ1v) is 8.98. The van der Waals surface area contributed by atoms with Gasteiger partial charge in [0.2, 0.25) is 10.0 Å². The molecular formula is C13H21NO3S2. The first-order valence-electron chi connectivity index (χ1n) is 6.72. The van der Waals surface area contributed by atoms with Crippen LogP contribution in [0.15, 0.2) is 11.0 Å². The van der Waals surface area contributed by atoms with Gasteiger partial charge < -0.3 is 5.11 Å². The van der Waals surface area contributed by atoms with Gasteiger partial charge in [-0.25, -0.2) is 8.42 Å². The van der Waals surface area contributed by atoms with Crippen LogP contribution >= 0.6 is 11.3 Å². The fourth-order valence-corrected chi connectivity index (χ4v) is 5.92. The molecule has 0 amide bonds. The summed E-state index contributed by atoms with van der Waals surface area (Å²) in [5.74, 6) is 0. The summed E-state index contributed by atoms with van der Waals surface area (Å²) in [5.41, 5.74) is 0. The maximum atomic E-state index is 12.8. The Bertz CT molecular complexity index is 536. The Labute approximate surface area is 119 Å². The van der Waals surface area contributed by atoms with Gasteiger partial charge >= 0.3 is 0 Å². The third-order valence-corrected chi connectivity index (χ3v) is 6.95. The Morgan fingerprint density at radius 3 is 2.79 bits per heavy atom. The molecule has 1 saturated heterocycles. The van der Waals surface area contributed by atoms with Crippen LogP contribution in [0, 0.1) is 6.92 Å². The van der Waals surface area contributed by atoms with Crippen LogP contribution in [0.3, 0.4) is 0 Å². The van der Waals surface area contributed by atoms with Crippen molar-refractivity contribution in [1.29, 1.82) is 0 Å². The van der Waals surface area contributed by atoms with Gasteiger partial charge in [0.25, 0.3) is 0 Å². The summed E-state index contributed by atoms with van der Waals surface area (Å²) >= 11 is 1.36. The molecule has 0 spiro atoms. The Kier molecular flexibility index (Phi) is 4.66. The summed E-state index contributed by atoms with van der Waals surface area (Å²) in [7, 11) is -3.41. The lowest BCUT2D eigenvalue weighted by molar-refractivity contribution is 0.246. The smallest absolute Gasteiger partial charge is 0.244 e. The Morgan fingerprint density at radius 1 is 1.47 bits per heavy atom. The maximum absolute atomic E-state index is 12.8. The van der Waals surface area contributed by atoms with Crippen LogP contribution in [0.25, 0.3) is 0 Å². The summed E-state index contributed by atoms with van der Waals surface area (Å²) in [4.78, 5) is 1.85. The molecule has 0 saturated carbocycles. The van der Waals surface area contributed by atoms with Gasteiger partial charge in [-0.15, -0.1) is 11.3 Å². The molecule has 1 aliphatic heterocycles. The van der Waals surface area contributed by atoms with Crippen molar-refractivity contribution in [2.24, 2.45) is 0 Å². The monoisotopic (exact) mass is 303 g/mol. The lowest BCUT2D eigenvalue weighted by atomic mass is 10.0. The van der Waals surface area contributed by atoms with E-state index in [-0.39, 0.29) is 12.6 Å². The number of aliphatic hydroxyl groups is 1. The summed E-state index contributed by atoms with van der Waals surface area (Å²) in [6.07, 6.45) is 3.85. The van der Waals surface area contributed by atoms with Gasteiger partial charge in [-0.1, -0.05) is 13.3 Å². The zero-order valence-corrected chi connectivity index (χ0v) is 13.1. The molecule has 4 nitrogen and oxygen atoms in total. The highest BCUT2D eigenvalue weighted by Crippen LogP contribution is 2.32. The van der Waals surface area contributed by atoms with Gasteiger partial charge in [0.15, 0.2) is 0 Å². The molecule has 0 aliphatic carbocycles. The van der Waals surface area contributed by atoms with Crippen LogP contribution in [-0.2, 0) is 16.6 Å². The minimum atomic E-state index is -3.41. The van der Waals surface area contributed by atoms with Crippen LogP contribution in [-0.4, -0.2) is 30.4 Å². The van der Waals surface area contributed by atoms with E-state index in [9.17, 15) is 8.42 Å². The van der Waals surface area contributed by atoms with Crippen LogP contribution in [0.1, 0.15) is 42.4 Å². The highest BCUT2D eigenvalue weighted by atomic mass is 32.2. The second-order valence-electron chi connectivity index (χ2n) is 4.96. The normalized spacial score (nSPS) is 21.7. The highest BCUT2D eigenvalue weighted by molar-refractivity contribution is 7.89. The summed E-state index contributed by atoms with van der Waals surface area (Å²) in [5, 5.41) is 9.15. The molecule has 1 unspecified atom stereocenters.